The lowest BCUT2D eigenvalue weighted by atomic mass is 10.1. The molecule has 0 fully saturated rings. The molecule has 4 rings (SSSR count). The Morgan fingerprint density at radius 3 is 2.79 bits per heavy atom. The van der Waals surface area contributed by atoms with Crippen molar-refractivity contribution < 1.29 is 14.3 Å². The Morgan fingerprint density at radius 1 is 1.18 bits per heavy atom. The van der Waals surface area contributed by atoms with Crippen molar-refractivity contribution in [3.63, 3.8) is 0 Å². The van der Waals surface area contributed by atoms with Crippen LogP contribution >= 0.6 is 11.3 Å². The van der Waals surface area contributed by atoms with E-state index in [1.807, 2.05) is 30.3 Å². The number of nitrogens with zero attached hydrogens (tertiary/aromatic N) is 2. The molecule has 3 aromatic rings. The summed E-state index contributed by atoms with van der Waals surface area (Å²) in [4.78, 5) is 29.9. The van der Waals surface area contributed by atoms with Gasteiger partial charge in [-0.25, -0.2) is 9.78 Å². The lowest BCUT2D eigenvalue weighted by Crippen LogP contribution is -2.14. The van der Waals surface area contributed by atoms with Crippen molar-refractivity contribution >= 4 is 28.3 Å². The summed E-state index contributed by atoms with van der Waals surface area (Å²) in [6.07, 6.45) is 4.20. The fraction of sp³-hybridized carbons (Fsp3) is 0.300. The highest BCUT2D eigenvalue weighted by molar-refractivity contribution is 7.16. The van der Waals surface area contributed by atoms with E-state index in [1.165, 1.54) is 24.0 Å². The number of hydrogen-bond donors (Lipinski definition) is 2. The molecule has 0 bridgehead atoms. The summed E-state index contributed by atoms with van der Waals surface area (Å²) in [6, 6.07) is 10.0. The van der Waals surface area contributed by atoms with E-state index in [0.29, 0.717) is 17.2 Å². The molecule has 1 amide bonds. The third-order valence-electron chi connectivity index (χ3n) is 4.80. The molecule has 1 aliphatic carbocycles. The largest absolute Gasteiger partial charge is 0.464 e. The number of ether oxygens (including phenoxy) is 1. The Hall–Kier alpha value is -3.00. The molecule has 2 aromatic heterocycles. The number of benzene rings is 1. The summed E-state index contributed by atoms with van der Waals surface area (Å²) in [5.41, 5.74) is 3.85. The number of H-pyrrole nitrogens is 1. The number of hydrogen-bond acceptors (Lipinski definition) is 6. The summed E-state index contributed by atoms with van der Waals surface area (Å²) in [5, 5.41) is 10.2. The van der Waals surface area contributed by atoms with E-state index in [9.17, 15) is 9.59 Å². The summed E-state index contributed by atoms with van der Waals surface area (Å²) in [7, 11) is 1.33. The minimum atomic E-state index is -0.500. The van der Waals surface area contributed by atoms with Crippen molar-refractivity contribution in [1.29, 1.82) is 0 Å². The number of carbonyl (C=O) groups excluding carboxylic acids is 2. The third kappa shape index (κ3) is 3.68. The molecule has 144 valence electrons. The van der Waals surface area contributed by atoms with Crippen LogP contribution in [0.5, 0.6) is 0 Å². The lowest BCUT2D eigenvalue weighted by molar-refractivity contribution is 0.0593. The van der Waals surface area contributed by atoms with Crippen LogP contribution in [0, 0.1) is 0 Å². The van der Waals surface area contributed by atoms with Crippen LogP contribution < -0.4 is 5.32 Å². The van der Waals surface area contributed by atoms with Gasteiger partial charge >= 0.3 is 5.97 Å². The molecule has 0 radical (unpaired) electrons. The normalized spacial score (nSPS) is 12.6. The van der Waals surface area contributed by atoms with Crippen molar-refractivity contribution in [3.8, 4) is 0 Å². The van der Waals surface area contributed by atoms with Gasteiger partial charge in [0.25, 0.3) is 5.91 Å². The number of methoxy groups -OCH3 is 1. The second-order valence-corrected chi connectivity index (χ2v) is 7.69. The first kappa shape index (κ1) is 18.4. The van der Waals surface area contributed by atoms with Gasteiger partial charge in [0.2, 0.25) is 0 Å². The van der Waals surface area contributed by atoms with Crippen LogP contribution in [0.4, 0.5) is 5.13 Å². The SMILES string of the molecule is COC(=O)c1nc(NC(=O)c2n[nH]c3c2CCC3)sc1CCc1ccccc1. The molecule has 2 heterocycles. The zero-order valence-electron chi connectivity index (χ0n) is 15.4. The van der Waals surface area contributed by atoms with Gasteiger partial charge in [-0.05, 0) is 37.7 Å². The molecule has 0 unspecified atom stereocenters. The zero-order chi connectivity index (χ0) is 19.5. The van der Waals surface area contributed by atoms with Crippen LogP contribution in [0.15, 0.2) is 30.3 Å². The molecule has 0 saturated carbocycles. The second kappa shape index (κ2) is 7.93. The van der Waals surface area contributed by atoms with Gasteiger partial charge in [0.15, 0.2) is 16.5 Å². The van der Waals surface area contributed by atoms with E-state index in [2.05, 4.69) is 20.5 Å². The fourth-order valence-corrected chi connectivity index (χ4v) is 4.34. The first-order valence-corrected chi connectivity index (χ1v) is 9.96. The van der Waals surface area contributed by atoms with Crippen molar-refractivity contribution in [1.82, 2.24) is 15.2 Å². The van der Waals surface area contributed by atoms with Gasteiger partial charge in [0.05, 0.1) is 7.11 Å². The Labute approximate surface area is 166 Å². The molecule has 8 heteroatoms. The number of fused-ring (bicyclic) bond motifs is 1. The van der Waals surface area contributed by atoms with Crippen LogP contribution in [0.1, 0.15) is 49.1 Å². The van der Waals surface area contributed by atoms with Crippen LogP contribution in [-0.4, -0.2) is 34.2 Å². The summed E-state index contributed by atoms with van der Waals surface area (Å²) >= 11 is 1.30. The maximum atomic E-state index is 12.6. The monoisotopic (exact) mass is 396 g/mol. The van der Waals surface area contributed by atoms with Crippen LogP contribution in [0.2, 0.25) is 0 Å². The highest BCUT2D eigenvalue weighted by Gasteiger charge is 2.25. The third-order valence-corrected chi connectivity index (χ3v) is 5.83. The van der Waals surface area contributed by atoms with E-state index >= 15 is 0 Å². The Kier molecular flexibility index (Phi) is 5.21. The van der Waals surface area contributed by atoms with Gasteiger partial charge in [0, 0.05) is 16.1 Å². The highest BCUT2D eigenvalue weighted by Crippen LogP contribution is 2.27. The van der Waals surface area contributed by atoms with Crippen molar-refractivity contribution in [2.75, 3.05) is 12.4 Å². The van der Waals surface area contributed by atoms with Crippen LogP contribution in [0.25, 0.3) is 0 Å². The first-order chi connectivity index (χ1) is 13.7. The average Bonchev–Trinajstić information content (AvgIpc) is 3.42. The van der Waals surface area contributed by atoms with Crippen LogP contribution in [-0.2, 0) is 30.4 Å². The first-order valence-electron chi connectivity index (χ1n) is 9.15. The maximum absolute atomic E-state index is 12.6. The predicted molar refractivity (Wildman–Crippen MR) is 106 cm³/mol. The number of thiazole rings is 1. The quantitative estimate of drug-likeness (QED) is 0.624. The lowest BCUT2D eigenvalue weighted by Gasteiger charge is -2.01. The van der Waals surface area contributed by atoms with Gasteiger partial charge < -0.3 is 4.74 Å². The number of aromatic nitrogens is 3. The minimum Gasteiger partial charge on any atom is -0.464 e. The van der Waals surface area contributed by atoms with Crippen molar-refractivity contribution in [2.24, 2.45) is 0 Å². The van der Waals surface area contributed by atoms with E-state index in [0.717, 1.165) is 41.8 Å². The van der Waals surface area contributed by atoms with Gasteiger partial charge in [-0.2, -0.15) is 5.10 Å². The molecule has 0 saturated heterocycles. The van der Waals surface area contributed by atoms with Gasteiger partial charge in [-0.15, -0.1) is 11.3 Å². The fourth-order valence-electron chi connectivity index (χ4n) is 3.40. The Balaban J connectivity index is 1.53. The van der Waals surface area contributed by atoms with E-state index < -0.39 is 5.97 Å². The number of aromatic amines is 1. The van der Waals surface area contributed by atoms with Crippen LogP contribution in [0.3, 0.4) is 0 Å². The number of anilines is 1. The highest BCUT2D eigenvalue weighted by atomic mass is 32.1. The molecule has 0 aliphatic heterocycles. The van der Waals surface area contributed by atoms with Gasteiger partial charge in [0.1, 0.15) is 0 Å². The molecule has 7 nitrogen and oxygen atoms in total. The zero-order valence-corrected chi connectivity index (χ0v) is 16.3. The molecule has 0 atom stereocenters. The van der Waals surface area contributed by atoms with Crippen molar-refractivity contribution in [3.05, 3.63) is 63.4 Å². The molecule has 0 spiro atoms. The Morgan fingerprint density at radius 2 is 2.00 bits per heavy atom. The molecule has 1 aromatic carbocycles. The average molecular weight is 396 g/mol. The van der Waals surface area contributed by atoms with Gasteiger partial charge in [-0.3, -0.25) is 15.2 Å². The molecule has 1 aliphatic rings. The molecular formula is C20H20N4O3S. The number of esters is 1. The second-order valence-electron chi connectivity index (χ2n) is 6.60. The molecule has 28 heavy (non-hydrogen) atoms. The standard InChI is InChI=1S/C20H20N4O3S/c1-27-19(26)17-15(11-10-12-6-3-2-4-7-12)28-20(21-17)22-18(25)16-13-8-5-9-14(13)23-24-16/h2-4,6-7H,5,8-11H2,1H3,(H,23,24)(H,21,22,25). The number of nitrogens with one attached hydrogen (secondary N) is 2. The minimum absolute atomic E-state index is 0.256. The van der Waals surface area contributed by atoms with Crippen molar-refractivity contribution in [2.45, 2.75) is 32.1 Å². The summed E-state index contributed by atoms with van der Waals surface area (Å²) < 4.78 is 4.86. The number of amides is 1. The number of carbonyl (C=O) groups is 2. The molecule has 2 N–H and O–H groups in total. The summed E-state index contributed by atoms with van der Waals surface area (Å²) in [5.74, 6) is -0.806. The number of aryl methyl sites for hydroxylation is 3. The summed E-state index contributed by atoms with van der Waals surface area (Å²) in [6.45, 7) is 0. The van der Waals surface area contributed by atoms with E-state index in [-0.39, 0.29) is 11.6 Å². The van der Waals surface area contributed by atoms with Gasteiger partial charge in [-0.1, -0.05) is 30.3 Å². The maximum Gasteiger partial charge on any atom is 0.357 e. The number of rotatable bonds is 6. The van der Waals surface area contributed by atoms with E-state index in [4.69, 9.17) is 4.74 Å². The predicted octanol–water partition coefficient (Wildman–Crippen LogP) is 3.18. The molecular weight excluding hydrogens is 376 g/mol. The Bertz CT molecular complexity index is 1010. The topological polar surface area (TPSA) is 97.0 Å². The van der Waals surface area contributed by atoms with E-state index in [1.54, 1.807) is 0 Å². The smallest absolute Gasteiger partial charge is 0.357 e.